The maximum Gasteiger partial charge on any atom is 0.330 e. The summed E-state index contributed by atoms with van der Waals surface area (Å²) in [4.78, 5) is 10.8. The molecule has 0 aromatic carbocycles. The summed E-state index contributed by atoms with van der Waals surface area (Å²) in [6, 6.07) is 0. The highest BCUT2D eigenvalue weighted by Gasteiger charge is 1.95. The largest absolute Gasteiger partial charge is 0.463 e. The van der Waals surface area contributed by atoms with Crippen LogP contribution in [0.2, 0.25) is 0 Å². The lowest BCUT2D eigenvalue weighted by molar-refractivity contribution is -0.137. The molecule has 0 aliphatic rings. The van der Waals surface area contributed by atoms with Crippen molar-refractivity contribution < 1.29 is 9.53 Å². The third kappa shape index (κ3) is 19.5. The van der Waals surface area contributed by atoms with Crippen LogP contribution in [0.5, 0.6) is 0 Å². The van der Waals surface area contributed by atoms with Crippen molar-refractivity contribution >= 4 is 5.97 Å². The second-order valence-corrected chi connectivity index (χ2v) is 4.91. The van der Waals surface area contributed by atoms with E-state index in [9.17, 15) is 4.79 Å². The number of carbonyl (C=O) groups is 1. The van der Waals surface area contributed by atoms with Crippen molar-refractivity contribution in [2.45, 2.75) is 91.4 Å². The Morgan fingerprint density at radius 2 is 1.25 bits per heavy atom. The van der Waals surface area contributed by atoms with Crippen LogP contribution in [-0.4, -0.2) is 12.6 Å². The number of ether oxygens (including phenoxy) is 1. The van der Waals surface area contributed by atoms with E-state index in [2.05, 4.69) is 13.5 Å². The van der Waals surface area contributed by atoms with Gasteiger partial charge in [0.1, 0.15) is 0 Å². The molecule has 0 N–H and O–H groups in total. The van der Waals surface area contributed by atoms with Gasteiger partial charge in [-0.25, -0.2) is 4.79 Å². The Labute approximate surface area is 127 Å². The van der Waals surface area contributed by atoms with Crippen LogP contribution in [0.3, 0.4) is 0 Å². The van der Waals surface area contributed by atoms with Gasteiger partial charge in [0.25, 0.3) is 0 Å². The van der Waals surface area contributed by atoms with E-state index in [-0.39, 0.29) is 5.97 Å². The van der Waals surface area contributed by atoms with Gasteiger partial charge in [-0.2, -0.15) is 0 Å². The van der Waals surface area contributed by atoms with Crippen molar-refractivity contribution in [2.24, 2.45) is 0 Å². The van der Waals surface area contributed by atoms with Gasteiger partial charge < -0.3 is 4.74 Å². The zero-order valence-electron chi connectivity index (χ0n) is 14.1. The molecule has 0 saturated carbocycles. The minimum atomic E-state index is -0.304. The molecule has 0 radical (unpaired) electrons. The molecule has 0 saturated heterocycles. The molecule has 2 nitrogen and oxygen atoms in total. The molecule has 0 rings (SSSR count). The van der Waals surface area contributed by atoms with Gasteiger partial charge in [-0.3, -0.25) is 0 Å². The van der Waals surface area contributed by atoms with Gasteiger partial charge in [0, 0.05) is 6.08 Å². The summed E-state index contributed by atoms with van der Waals surface area (Å²) in [5.74, 6) is -0.304. The van der Waals surface area contributed by atoms with Crippen molar-refractivity contribution in [1.82, 2.24) is 0 Å². The van der Waals surface area contributed by atoms with Crippen LogP contribution in [0.1, 0.15) is 91.4 Å². The topological polar surface area (TPSA) is 26.3 Å². The summed E-state index contributed by atoms with van der Waals surface area (Å²) in [7, 11) is 0. The van der Waals surface area contributed by atoms with E-state index in [1.807, 2.05) is 13.8 Å². The molecule has 0 fully saturated rings. The van der Waals surface area contributed by atoms with Crippen molar-refractivity contribution in [3.05, 3.63) is 12.7 Å². The minimum Gasteiger partial charge on any atom is -0.463 e. The van der Waals surface area contributed by atoms with Crippen LogP contribution in [0.15, 0.2) is 12.7 Å². The van der Waals surface area contributed by atoms with Gasteiger partial charge in [-0.05, 0) is 6.42 Å². The lowest BCUT2D eigenvalue weighted by Gasteiger charge is -2.03. The van der Waals surface area contributed by atoms with Crippen molar-refractivity contribution in [3.8, 4) is 0 Å². The maximum atomic E-state index is 10.8. The fraction of sp³-hybridized carbons (Fsp3) is 0.833. The van der Waals surface area contributed by atoms with Crippen molar-refractivity contribution in [3.63, 3.8) is 0 Å². The van der Waals surface area contributed by atoms with Gasteiger partial charge in [0.15, 0.2) is 0 Å². The molecule has 0 amide bonds. The first-order valence-corrected chi connectivity index (χ1v) is 8.60. The molecule has 120 valence electrons. The standard InChI is InChI=1S/C16H30O2.C2H6/c1-3-5-6-7-8-9-10-11-12-13-14-15-18-16(17)4-2;1-2/h4H,2-3,5-15H2,1H3;1-2H3. The lowest BCUT2D eigenvalue weighted by atomic mass is 10.1. The number of hydrogen-bond acceptors (Lipinski definition) is 2. The van der Waals surface area contributed by atoms with Crippen LogP contribution in [0.4, 0.5) is 0 Å². The molecular weight excluding hydrogens is 248 g/mol. The van der Waals surface area contributed by atoms with E-state index >= 15 is 0 Å². The zero-order chi connectivity index (χ0) is 15.5. The fourth-order valence-corrected chi connectivity index (χ4v) is 2.00. The normalized spacial score (nSPS) is 9.55. The Morgan fingerprint density at radius 3 is 1.65 bits per heavy atom. The third-order valence-electron chi connectivity index (χ3n) is 3.16. The monoisotopic (exact) mass is 284 g/mol. The molecule has 0 aliphatic heterocycles. The SMILES string of the molecule is C=CC(=O)OCCCCCCCCCCCCC.CC. The van der Waals surface area contributed by atoms with Crippen LogP contribution >= 0.6 is 0 Å². The molecule has 0 aromatic rings. The molecule has 2 heteroatoms. The predicted molar refractivity (Wildman–Crippen MR) is 89.0 cm³/mol. The van der Waals surface area contributed by atoms with E-state index in [1.165, 1.54) is 70.3 Å². The second-order valence-electron chi connectivity index (χ2n) is 4.91. The Balaban J connectivity index is 0. The molecule has 0 aliphatic carbocycles. The van der Waals surface area contributed by atoms with Gasteiger partial charge in [0.05, 0.1) is 6.61 Å². The molecule has 0 aromatic heterocycles. The van der Waals surface area contributed by atoms with Gasteiger partial charge in [-0.1, -0.05) is 91.6 Å². The summed E-state index contributed by atoms with van der Waals surface area (Å²) in [5, 5.41) is 0. The molecule has 0 unspecified atom stereocenters. The van der Waals surface area contributed by atoms with E-state index in [4.69, 9.17) is 4.74 Å². The zero-order valence-corrected chi connectivity index (χ0v) is 14.1. The molecular formula is C18H36O2. The van der Waals surface area contributed by atoms with E-state index < -0.39 is 0 Å². The molecule has 0 bridgehead atoms. The molecule has 0 atom stereocenters. The summed E-state index contributed by atoms with van der Waals surface area (Å²) in [6.07, 6.45) is 15.6. The van der Waals surface area contributed by atoms with Gasteiger partial charge in [0.2, 0.25) is 0 Å². The van der Waals surface area contributed by atoms with Crippen molar-refractivity contribution in [1.29, 1.82) is 0 Å². The second kappa shape index (κ2) is 20.5. The van der Waals surface area contributed by atoms with Gasteiger partial charge in [-0.15, -0.1) is 0 Å². The van der Waals surface area contributed by atoms with Crippen LogP contribution < -0.4 is 0 Å². The Hall–Kier alpha value is -0.790. The Bertz CT molecular complexity index is 200. The highest BCUT2D eigenvalue weighted by molar-refractivity contribution is 5.81. The molecule has 0 spiro atoms. The Kier molecular flexibility index (Phi) is 22.1. The third-order valence-corrected chi connectivity index (χ3v) is 3.16. The van der Waals surface area contributed by atoms with E-state index in [0.29, 0.717) is 6.61 Å². The van der Waals surface area contributed by atoms with E-state index in [0.717, 1.165) is 6.42 Å². The number of unbranched alkanes of at least 4 members (excludes halogenated alkanes) is 10. The first-order valence-electron chi connectivity index (χ1n) is 8.60. The summed E-state index contributed by atoms with van der Waals surface area (Å²) >= 11 is 0. The molecule has 20 heavy (non-hydrogen) atoms. The highest BCUT2D eigenvalue weighted by Crippen LogP contribution is 2.11. The quantitative estimate of drug-likeness (QED) is 0.234. The first kappa shape index (κ1) is 21.5. The van der Waals surface area contributed by atoms with Gasteiger partial charge >= 0.3 is 5.97 Å². The Morgan fingerprint density at radius 1 is 0.850 bits per heavy atom. The number of carbonyl (C=O) groups excluding carboxylic acids is 1. The van der Waals surface area contributed by atoms with Crippen LogP contribution in [0, 0.1) is 0 Å². The number of esters is 1. The maximum absolute atomic E-state index is 10.8. The summed E-state index contributed by atoms with van der Waals surface area (Å²) in [5.41, 5.74) is 0. The summed E-state index contributed by atoms with van der Waals surface area (Å²) < 4.78 is 4.92. The number of hydrogen-bond donors (Lipinski definition) is 0. The smallest absolute Gasteiger partial charge is 0.330 e. The fourth-order valence-electron chi connectivity index (χ4n) is 2.00. The molecule has 0 heterocycles. The lowest BCUT2D eigenvalue weighted by Crippen LogP contribution is -2.01. The van der Waals surface area contributed by atoms with Crippen molar-refractivity contribution in [2.75, 3.05) is 6.61 Å². The van der Waals surface area contributed by atoms with Crippen LogP contribution in [-0.2, 0) is 9.53 Å². The predicted octanol–water partition coefficient (Wildman–Crippen LogP) is 6.05. The first-order chi connectivity index (χ1) is 9.81. The number of rotatable bonds is 13. The average Bonchev–Trinajstić information content (AvgIpc) is 2.50. The van der Waals surface area contributed by atoms with E-state index in [1.54, 1.807) is 0 Å². The average molecular weight is 284 g/mol. The minimum absolute atomic E-state index is 0.304. The highest BCUT2D eigenvalue weighted by atomic mass is 16.5. The van der Waals surface area contributed by atoms with Crippen LogP contribution in [0.25, 0.3) is 0 Å². The summed E-state index contributed by atoms with van der Waals surface area (Å²) in [6.45, 7) is 10.2.